The Bertz CT molecular complexity index is 928. The van der Waals surface area contributed by atoms with Crippen molar-refractivity contribution in [3.05, 3.63) is 78.1 Å². The van der Waals surface area contributed by atoms with E-state index in [-0.39, 0.29) is 5.91 Å². The van der Waals surface area contributed by atoms with E-state index < -0.39 is 6.04 Å². The summed E-state index contributed by atoms with van der Waals surface area (Å²) in [7, 11) is 0. The zero-order valence-corrected chi connectivity index (χ0v) is 14.3. The van der Waals surface area contributed by atoms with Gasteiger partial charge in [-0.25, -0.2) is 4.68 Å². The van der Waals surface area contributed by atoms with E-state index in [0.717, 1.165) is 5.69 Å². The molecule has 0 radical (unpaired) electrons. The van der Waals surface area contributed by atoms with Crippen LogP contribution >= 0.6 is 0 Å². The van der Waals surface area contributed by atoms with Crippen LogP contribution in [0.25, 0.3) is 5.69 Å². The predicted molar refractivity (Wildman–Crippen MR) is 97.0 cm³/mol. The average molecular weight is 346 g/mol. The van der Waals surface area contributed by atoms with Crippen molar-refractivity contribution in [2.45, 2.75) is 13.0 Å². The molecule has 0 aliphatic heterocycles. The number of hydrogen-bond donors (Lipinski definition) is 1. The summed E-state index contributed by atoms with van der Waals surface area (Å²) < 4.78 is 7.15. The Hall–Kier alpha value is -3.59. The van der Waals surface area contributed by atoms with Crippen LogP contribution in [0.4, 0.5) is 0 Å². The molecule has 1 aromatic heterocycles. The predicted octanol–water partition coefficient (Wildman–Crippen LogP) is 3.27. The summed E-state index contributed by atoms with van der Waals surface area (Å²) in [5.41, 5.74) is 1.88. The van der Waals surface area contributed by atoms with Crippen LogP contribution in [0.2, 0.25) is 0 Å². The van der Waals surface area contributed by atoms with Gasteiger partial charge in [-0.2, -0.15) is 10.4 Å². The fourth-order valence-corrected chi connectivity index (χ4v) is 2.54. The van der Waals surface area contributed by atoms with E-state index >= 15 is 0 Å². The topological polar surface area (TPSA) is 79.9 Å². The standard InChI is InChI=1S/C20H18N4O2/c1-2-26-19-11-7-6-10-17(19)20(25)23-18(12-21)15-13-22-24(14-15)16-8-4-3-5-9-16/h3-11,13-14,18H,2H2,1H3,(H,23,25)/t18-/m0/s1. The number of aromatic nitrogens is 2. The summed E-state index contributed by atoms with van der Waals surface area (Å²) in [4.78, 5) is 12.6. The minimum Gasteiger partial charge on any atom is -0.493 e. The van der Waals surface area contributed by atoms with Crippen LogP contribution in [0.15, 0.2) is 67.0 Å². The Labute approximate surface area is 151 Å². The van der Waals surface area contributed by atoms with Crippen molar-refractivity contribution in [3.63, 3.8) is 0 Å². The summed E-state index contributed by atoms with van der Waals surface area (Å²) in [6.45, 7) is 2.31. The molecule has 0 aliphatic carbocycles. The Morgan fingerprint density at radius 3 is 2.69 bits per heavy atom. The molecule has 1 amide bonds. The van der Waals surface area contributed by atoms with Crippen molar-refractivity contribution in [2.24, 2.45) is 0 Å². The van der Waals surface area contributed by atoms with Gasteiger partial charge < -0.3 is 10.1 Å². The van der Waals surface area contributed by atoms with E-state index in [1.54, 1.807) is 41.3 Å². The third-order valence-corrected chi connectivity index (χ3v) is 3.79. The van der Waals surface area contributed by atoms with Crippen LogP contribution in [0.3, 0.4) is 0 Å². The first kappa shape index (κ1) is 17.2. The molecule has 1 N–H and O–H groups in total. The van der Waals surface area contributed by atoms with Gasteiger partial charge in [0.25, 0.3) is 5.91 Å². The number of benzene rings is 2. The van der Waals surface area contributed by atoms with E-state index in [2.05, 4.69) is 16.5 Å². The highest BCUT2D eigenvalue weighted by molar-refractivity contribution is 5.97. The van der Waals surface area contributed by atoms with Crippen molar-refractivity contribution in [1.82, 2.24) is 15.1 Å². The highest BCUT2D eigenvalue weighted by atomic mass is 16.5. The summed E-state index contributed by atoms with van der Waals surface area (Å²) in [6.07, 6.45) is 3.31. The van der Waals surface area contributed by atoms with E-state index in [4.69, 9.17) is 4.74 Å². The smallest absolute Gasteiger partial charge is 0.256 e. The Morgan fingerprint density at radius 2 is 1.96 bits per heavy atom. The monoisotopic (exact) mass is 346 g/mol. The fourth-order valence-electron chi connectivity index (χ4n) is 2.54. The molecule has 0 aliphatic rings. The first-order valence-corrected chi connectivity index (χ1v) is 8.25. The highest BCUT2D eigenvalue weighted by Gasteiger charge is 2.19. The van der Waals surface area contributed by atoms with Gasteiger partial charge >= 0.3 is 0 Å². The first-order valence-electron chi connectivity index (χ1n) is 8.25. The van der Waals surface area contributed by atoms with Gasteiger partial charge in [0.2, 0.25) is 0 Å². The number of amides is 1. The number of carbonyl (C=O) groups excluding carboxylic acids is 1. The fraction of sp³-hybridized carbons (Fsp3) is 0.150. The molecular formula is C20H18N4O2. The second-order valence-electron chi connectivity index (χ2n) is 5.52. The normalized spacial score (nSPS) is 11.4. The van der Waals surface area contributed by atoms with Crippen LogP contribution in [-0.4, -0.2) is 22.3 Å². The Balaban J connectivity index is 1.80. The van der Waals surface area contributed by atoms with Gasteiger partial charge in [0.1, 0.15) is 11.8 Å². The molecule has 26 heavy (non-hydrogen) atoms. The van der Waals surface area contributed by atoms with E-state index in [0.29, 0.717) is 23.5 Å². The quantitative estimate of drug-likeness (QED) is 0.743. The first-order chi connectivity index (χ1) is 12.7. The zero-order chi connectivity index (χ0) is 18.4. The van der Waals surface area contributed by atoms with Crippen LogP contribution < -0.4 is 10.1 Å². The minimum atomic E-state index is -0.811. The lowest BCUT2D eigenvalue weighted by Gasteiger charge is -2.13. The summed E-state index contributed by atoms with van der Waals surface area (Å²) in [6, 6.07) is 17.8. The highest BCUT2D eigenvalue weighted by Crippen LogP contribution is 2.20. The molecule has 2 aromatic carbocycles. The van der Waals surface area contributed by atoms with Crippen molar-refractivity contribution in [1.29, 1.82) is 5.26 Å². The number of ether oxygens (including phenoxy) is 1. The van der Waals surface area contributed by atoms with Gasteiger partial charge in [-0.1, -0.05) is 30.3 Å². The number of nitrogens with zero attached hydrogens (tertiary/aromatic N) is 3. The van der Waals surface area contributed by atoms with Crippen LogP contribution in [0.1, 0.15) is 28.9 Å². The molecule has 3 rings (SSSR count). The third kappa shape index (κ3) is 3.73. The summed E-state index contributed by atoms with van der Waals surface area (Å²) >= 11 is 0. The van der Waals surface area contributed by atoms with Crippen molar-refractivity contribution >= 4 is 5.91 Å². The molecule has 0 saturated carbocycles. The van der Waals surface area contributed by atoms with E-state index in [9.17, 15) is 10.1 Å². The lowest BCUT2D eigenvalue weighted by molar-refractivity contribution is 0.0941. The Kier molecular flexibility index (Phi) is 5.30. The number of hydrogen-bond acceptors (Lipinski definition) is 4. The van der Waals surface area contributed by atoms with Gasteiger partial charge in [0, 0.05) is 11.8 Å². The second kappa shape index (κ2) is 7.99. The average Bonchev–Trinajstić information content (AvgIpc) is 3.17. The summed E-state index contributed by atoms with van der Waals surface area (Å²) in [5.74, 6) is 0.122. The number of rotatable bonds is 6. The van der Waals surface area contributed by atoms with Gasteiger partial charge in [-0.05, 0) is 31.2 Å². The second-order valence-corrected chi connectivity index (χ2v) is 5.52. The molecule has 1 heterocycles. The minimum absolute atomic E-state index is 0.368. The lowest BCUT2D eigenvalue weighted by atomic mass is 10.1. The van der Waals surface area contributed by atoms with Crippen molar-refractivity contribution in [3.8, 4) is 17.5 Å². The molecule has 0 bridgehead atoms. The maximum atomic E-state index is 12.6. The van der Waals surface area contributed by atoms with Gasteiger partial charge in [-0.3, -0.25) is 4.79 Å². The summed E-state index contributed by atoms with van der Waals surface area (Å²) in [5, 5.41) is 16.5. The zero-order valence-electron chi connectivity index (χ0n) is 14.3. The molecule has 1 atom stereocenters. The van der Waals surface area contributed by atoms with E-state index in [1.165, 1.54) is 0 Å². The van der Waals surface area contributed by atoms with Crippen LogP contribution in [0, 0.1) is 11.3 Å². The largest absolute Gasteiger partial charge is 0.493 e. The number of para-hydroxylation sites is 2. The molecule has 0 fully saturated rings. The molecule has 0 saturated heterocycles. The lowest BCUT2D eigenvalue weighted by Crippen LogP contribution is -2.27. The SMILES string of the molecule is CCOc1ccccc1C(=O)N[C@@H](C#N)c1cnn(-c2ccccc2)c1. The van der Waals surface area contributed by atoms with Crippen molar-refractivity contribution < 1.29 is 9.53 Å². The molecule has 3 aromatic rings. The van der Waals surface area contributed by atoms with Crippen molar-refractivity contribution in [2.75, 3.05) is 6.61 Å². The molecule has 0 unspecified atom stereocenters. The number of carbonyl (C=O) groups is 1. The van der Waals surface area contributed by atoms with E-state index in [1.807, 2.05) is 37.3 Å². The molecule has 6 nitrogen and oxygen atoms in total. The molecule has 6 heteroatoms. The maximum absolute atomic E-state index is 12.6. The molecular weight excluding hydrogens is 328 g/mol. The number of nitriles is 1. The van der Waals surface area contributed by atoms with Crippen LogP contribution in [-0.2, 0) is 0 Å². The van der Waals surface area contributed by atoms with Crippen LogP contribution in [0.5, 0.6) is 5.75 Å². The van der Waals surface area contributed by atoms with Gasteiger partial charge in [0.15, 0.2) is 0 Å². The maximum Gasteiger partial charge on any atom is 0.256 e. The third-order valence-electron chi connectivity index (χ3n) is 3.79. The van der Waals surface area contributed by atoms with Gasteiger partial charge in [0.05, 0.1) is 30.1 Å². The molecule has 0 spiro atoms. The van der Waals surface area contributed by atoms with Gasteiger partial charge in [-0.15, -0.1) is 0 Å². The Morgan fingerprint density at radius 1 is 1.23 bits per heavy atom. The number of nitrogens with one attached hydrogen (secondary N) is 1. The molecule has 130 valence electrons.